The van der Waals surface area contributed by atoms with Gasteiger partial charge in [0.2, 0.25) is 17.7 Å². The van der Waals surface area contributed by atoms with Crippen LogP contribution in [-0.4, -0.2) is 86.9 Å². The van der Waals surface area contributed by atoms with Crippen LogP contribution in [0.15, 0.2) is 0 Å². The zero-order valence-corrected chi connectivity index (χ0v) is 17.0. The number of amides is 3. The summed E-state index contributed by atoms with van der Waals surface area (Å²) in [7, 11) is 0. The summed E-state index contributed by atoms with van der Waals surface area (Å²) in [6, 6.07) is -2.53. The number of rotatable bonds is 8. The van der Waals surface area contributed by atoms with Gasteiger partial charge in [0.05, 0.1) is 24.2 Å². The van der Waals surface area contributed by atoms with Crippen molar-refractivity contribution in [2.24, 2.45) is 17.4 Å². The smallest absolute Gasteiger partial charge is 0.245 e. The number of aliphatic hydroxyl groups is 2. The fraction of sp³-hybridized carbons (Fsp3) is 0.789. The molecule has 10 nitrogen and oxygen atoms in total. The summed E-state index contributed by atoms with van der Waals surface area (Å²) < 4.78 is 0. The predicted molar refractivity (Wildman–Crippen MR) is 103 cm³/mol. The van der Waals surface area contributed by atoms with Gasteiger partial charge in [0, 0.05) is 19.5 Å². The molecule has 3 amide bonds. The van der Waals surface area contributed by atoms with Gasteiger partial charge in [0.1, 0.15) is 12.1 Å². The first-order valence-corrected chi connectivity index (χ1v) is 10.1. The van der Waals surface area contributed by atoms with Crippen LogP contribution in [0, 0.1) is 5.92 Å². The number of carbonyl (C=O) groups is 4. The maximum absolute atomic E-state index is 13.2. The van der Waals surface area contributed by atoms with Crippen molar-refractivity contribution in [2.75, 3.05) is 13.1 Å². The molecule has 0 aromatic rings. The molecule has 0 bridgehead atoms. The van der Waals surface area contributed by atoms with E-state index >= 15 is 0 Å². The number of hydrogen-bond acceptors (Lipinski definition) is 7. The van der Waals surface area contributed by atoms with Crippen LogP contribution in [0.25, 0.3) is 0 Å². The third kappa shape index (κ3) is 5.12. The highest BCUT2D eigenvalue weighted by Gasteiger charge is 2.43. The highest BCUT2D eigenvalue weighted by atomic mass is 16.3. The monoisotopic (exact) mass is 412 g/mol. The Hall–Kier alpha value is -2.04. The van der Waals surface area contributed by atoms with E-state index in [2.05, 4.69) is 0 Å². The van der Waals surface area contributed by atoms with E-state index in [1.807, 2.05) is 0 Å². The van der Waals surface area contributed by atoms with Gasteiger partial charge in [-0.25, -0.2) is 0 Å². The molecule has 0 aliphatic carbocycles. The standard InChI is InChI=1S/C19H32N4O6/c1-10(24)12(17(21)27)9-15(26)13-5-3-7-22(13)18(28)14-6-4-8-23(14)19(29)16(20)11(2)25/h10-14,16,24-25H,3-9,20H2,1-2H3,(H2,21,27)/t10-,11-,12+,13-,14-,16+/m1/s1. The van der Waals surface area contributed by atoms with Gasteiger partial charge in [-0.3, -0.25) is 19.2 Å². The predicted octanol–water partition coefficient (Wildman–Crippen LogP) is -1.88. The molecule has 10 heteroatoms. The first-order valence-electron chi connectivity index (χ1n) is 10.1. The summed E-state index contributed by atoms with van der Waals surface area (Å²) in [4.78, 5) is 52.8. The molecule has 2 aliphatic rings. The van der Waals surface area contributed by atoms with Crippen molar-refractivity contribution in [2.45, 2.75) is 76.3 Å². The fourth-order valence-corrected chi connectivity index (χ4v) is 4.10. The number of Topliss-reactive ketones (excluding diaryl/α,β-unsaturated/α-hetero) is 1. The molecule has 2 heterocycles. The highest BCUT2D eigenvalue weighted by molar-refractivity contribution is 5.95. The van der Waals surface area contributed by atoms with Crippen molar-refractivity contribution in [1.82, 2.24) is 9.80 Å². The zero-order valence-electron chi connectivity index (χ0n) is 17.0. The number of nitrogens with zero attached hydrogens (tertiary/aromatic N) is 2. The number of likely N-dealkylation sites (tertiary alicyclic amines) is 2. The Balaban J connectivity index is 2.11. The van der Waals surface area contributed by atoms with E-state index in [1.165, 1.54) is 23.6 Å². The van der Waals surface area contributed by atoms with E-state index in [1.54, 1.807) is 0 Å². The molecule has 164 valence electrons. The summed E-state index contributed by atoms with van der Waals surface area (Å²) in [6.45, 7) is 3.57. The Labute approximate surface area is 170 Å². The fourth-order valence-electron chi connectivity index (χ4n) is 4.10. The van der Waals surface area contributed by atoms with E-state index < -0.39 is 48.1 Å². The molecule has 2 aliphatic heterocycles. The second-order valence-corrected chi connectivity index (χ2v) is 8.07. The lowest BCUT2D eigenvalue weighted by Crippen LogP contribution is -2.56. The van der Waals surface area contributed by atoms with E-state index in [9.17, 15) is 29.4 Å². The van der Waals surface area contributed by atoms with E-state index in [0.29, 0.717) is 38.8 Å². The van der Waals surface area contributed by atoms with Crippen LogP contribution in [0.1, 0.15) is 46.0 Å². The number of carbonyl (C=O) groups excluding carboxylic acids is 4. The molecule has 0 spiro atoms. The quantitative estimate of drug-likeness (QED) is 0.362. The van der Waals surface area contributed by atoms with Crippen LogP contribution in [-0.2, 0) is 19.2 Å². The Morgan fingerprint density at radius 3 is 2.03 bits per heavy atom. The average molecular weight is 412 g/mol. The Morgan fingerprint density at radius 1 is 0.966 bits per heavy atom. The van der Waals surface area contributed by atoms with Crippen LogP contribution in [0.3, 0.4) is 0 Å². The largest absolute Gasteiger partial charge is 0.393 e. The summed E-state index contributed by atoms with van der Waals surface area (Å²) >= 11 is 0. The summed E-state index contributed by atoms with van der Waals surface area (Å²) in [5.41, 5.74) is 11.0. The second-order valence-electron chi connectivity index (χ2n) is 8.07. The van der Waals surface area contributed by atoms with Crippen molar-refractivity contribution in [3.05, 3.63) is 0 Å². The maximum atomic E-state index is 13.2. The van der Waals surface area contributed by atoms with Gasteiger partial charge < -0.3 is 31.5 Å². The molecule has 6 atom stereocenters. The van der Waals surface area contributed by atoms with Gasteiger partial charge in [-0.05, 0) is 39.5 Å². The first-order chi connectivity index (χ1) is 13.6. The lowest BCUT2D eigenvalue weighted by atomic mass is 9.92. The molecule has 2 rings (SSSR count). The second kappa shape index (κ2) is 9.64. The van der Waals surface area contributed by atoms with Crippen molar-refractivity contribution in [3.8, 4) is 0 Å². The van der Waals surface area contributed by atoms with Crippen LogP contribution in [0.4, 0.5) is 0 Å². The first kappa shape index (κ1) is 23.2. The molecular formula is C19H32N4O6. The van der Waals surface area contributed by atoms with Gasteiger partial charge in [-0.2, -0.15) is 0 Å². The number of nitrogens with two attached hydrogens (primary N) is 2. The minimum atomic E-state index is -1.11. The summed E-state index contributed by atoms with van der Waals surface area (Å²) in [5.74, 6) is -2.90. The number of primary amides is 1. The Kier molecular flexibility index (Phi) is 7.73. The molecule has 6 N–H and O–H groups in total. The van der Waals surface area contributed by atoms with Crippen molar-refractivity contribution in [3.63, 3.8) is 0 Å². The summed E-state index contributed by atoms with van der Waals surface area (Å²) in [5, 5.41) is 19.3. The number of ketones is 1. The normalized spacial score (nSPS) is 26.1. The van der Waals surface area contributed by atoms with Gasteiger partial charge >= 0.3 is 0 Å². The SMILES string of the molecule is C[C@@H](O)[C@H](N)C(=O)N1CCC[C@@H]1C(=O)N1CCC[C@@H]1C(=O)C[C@H](C(N)=O)[C@@H](C)O. The van der Waals surface area contributed by atoms with Gasteiger partial charge in [0.15, 0.2) is 5.78 Å². The van der Waals surface area contributed by atoms with Gasteiger partial charge in [-0.1, -0.05) is 0 Å². The van der Waals surface area contributed by atoms with E-state index in [0.717, 1.165) is 0 Å². The minimum Gasteiger partial charge on any atom is -0.393 e. The van der Waals surface area contributed by atoms with Crippen LogP contribution < -0.4 is 11.5 Å². The molecule has 0 saturated carbocycles. The van der Waals surface area contributed by atoms with E-state index in [-0.39, 0.29) is 18.1 Å². The van der Waals surface area contributed by atoms with Crippen molar-refractivity contribution >= 4 is 23.5 Å². The summed E-state index contributed by atoms with van der Waals surface area (Å²) in [6.07, 6.45) is -0.144. The molecule has 0 aromatic carbocycles. The minimum absolute atomic E-state index is 0.234. The van der Waals surface area contributed by atoms with E-state index in [4.69, 9.17) is 11.5 Å². The van der Waals surface area contributed by atoms with Crippen LogP contribution >= 0.6 is 0 Å². The molecule has 0 unspecified atom stereocenters. The number of aliphatic hydroxyl groups excluding tert-OH is 2. The molecule has 29 heavy (non-hydrogen) atoms. The molecule has 0 aromatic heterocycles. The zero-order chi connectivity index (χ0) is 21.9. The lowest BCUT2D eigenvalue weighted by molar-refractivity contribution is -0.148. The third-order valence-corrected chi connectivity index (χ3v) is 5.90. The Bertz CT molecular complexity index is 653. The lowest BCUT2D eigenvalue weighted by Gasteiger charge is -2.32. The average Bonchev–Trinajstić information content (AvgIpc) is 3.32. The van der Waals surface area contributed by atoms with Gasteiger partial charge in [-0.15, -0.1) is 0 Å². The van der Waals surface area contributed by atoms with Crippen LogP contribution in [0.2, 0.25) is 0 Å². The Morgan fingerprint density at radius 2 is 1.52 bits per heavy atom. The van der Waals surface area contributed by atoms with Gasteiger partial charge in [0.25, 0.3) is 0 Å². The van der Waals surface area contributed by atoms with Crippen molar-refractivity contribution < 1.29 is 29.4 Å². The molecular weight excluding hydrogens is 380 g/mol. The van der Waals surface area contributed by atoms with Crippen LogP contribution in [0.5, 0.6) is 0 Å². The topological polar surface area (TPSA) is 167 Å². The molecule has 0 radical (unpaired) electrons. The maximum Gasteiger partial charge on any atom is 0.245 e. The third-order valence-electron chi connectivity index (χ3n) is 5.90. The molecule has 2 fully saturated rings. The highest BCUT2D eigenvalue weighted by Crippen LogP contribution is 2.27. The molecule has 2 saturated heterocycles. The van der Waals surface area contributed by atoms with Crippen molar-refractivity contribution in [1.29, 1.82) is 0 Å². The number of hydrogen-bond donors (Lipinski definition) is 4.